The first-order chi connectivity index (χ1) is 12.1. The molecule has 25 heavy (non-hydrogen) atoms. The SMILES string of the molecule is CN(C)c1ccccc1-c1ccccc1C(=O)C(O)c1ccccc1. The van der Waals surface area contributed by atoms with Crippen molar-refractivity contribution in [2.45, 2.75) is 6.10 Å². The first kappa shape index (κ1) is 16.9. The van der Waals surface area contributed by atoms with Crippen molar-refractivity contribution in [1.29, 1.82) is 0 Å². The monoisotopic (exact) mass is 331 g/mol. The minimum Gasteiger partial charge on any atom is -0.380 e. The number of hydrogen-bond acceptors (Lipinski definition) is 3. The molecule has 0 aliphatic rings. The molecule has 3 heteroatoms. The third kappa shape index (κ3) is 3.47. The largest absolute Gasteiger partial charge is 0.380 e. The molecule has 0 fully saturated rings. The van der Waals surface area contributed by atoms with E-state index in [-0.39, 0.29) is 5.78 Å². The van der Waals surface area contributed by atoms with Gasteiger partial charge in [-0.1, -0.05) is 72.8 Å². The summed E-state index contributed by atoms with van der Waals surface area (Å²) in [7, 11) is 3.95. The number of carbonyl (C=O) groups is 1. The second-order valence-corrected chi connectivity index (χ2v) is 6.13. The molecule has 0 radical (unpaired) electrons. The van der Waals surface area contributed by atoms with Crippen LogP contribution in [0.4, 0.5) is 5.69 Å². The topological polar surface area (TPSA) is 40.5 Å². The van der Waals surface area contributed by atoms with Crippen LogP contribution in [0.2, 0.25) is 0 Å². The molecule has 0 saturated heterocycles. The quantitative estimate of drug-likeness (QED) is 0.707. The molecule has 0 heterocycles. The van der Waals surface area contributed by atoms with E-state index in [1.807, 2.05) is 79.7 Å². The molecule has 0 amide bonds. The molecular weight excluding hydrogens is 310 g/mol. The fraction of sp³-hybridized carbons (Fsp3) is 0.136. The van der Waals surface area contributed by atoms with Gasteiger partial charge in [0.1, 0.15) is 6.10 Å². The number of benzene rings is 3. The van der Waals surface area contributed by atoms with Gasteiger partial charge in [0.25, 0.3) is 0 Å². The van der Waals surface area contributed by atoms with Gasteiger partial charge >= 0.3 is 0 Å². The summed E-state index contributed by atoms with van der Waals surface area (Å²) >= 11 is 0. The van der Waals surface area contributed by atoms with Crippen molar-refractivity contribution in [2.24, 2.45) is 0 Å². The summed E-state index contributed by atoms with van der Waals surface area (Å²) in [5.41, 5.74) is 3.94. The zero-order valence-electron chi connectivity index (χ0n) is 14.4. The van der Waals surface area contributed by atoms with Crippen LogP contribution in [-0.2, 0) is 0 Å². The number of aliphatic hydroxyl groups is 1. The fourth-order valence-corrected chi connectivity index (χ4v) is 2.96. The molecule has 0 aliphatic carbocycles. The van der Waals surface area contributed by atoms with Crippen molar-refractivity contribution in [3.63, 3.8) is 0 Å². The number of anilines is 1. The first-order valence-electron chi connectivity index (χ1n) is 8.22. The van der Waals surface area contributed by atoms with E-state index in [0.717, 1.165) is 16.8 Å². The van der Waals surface area contributed by atoms with Crippen LogP contribution in [0, 0.1) is 0 Å². The summed E-state index contributed by atoms with van der Waals surface area (Å²) in [6, 6.07) is 24.4. The van der Waals surface area contributed by atoms with E-state index in [1.54, 1.807) is 18.2 Å². The van der Waals surface area contributed by atoms with E-state index in [0.29, 0.717) is 11.1 Å². The Morgan fingerprint density at radius 1 is 0.800 bits per heavy atom. The Hall–Kier alpha value is -2.91. The van der Waals surface area contributed by atoms with Gasteiger partial charge < -0.3 is 10.0 Å². The average Bonchev–Trinajstić information content (AvgIpc) is 2.67. The van der Waals surface area contributed by atoms with Crippen molar-refractivity contribution in [1.82, 2.24) is 0 Å². The van der Waals surface area contributed by atoms with Crippen molar-refractivity contribution in [3.05, 3.63) is 90.0 Å². The lowest BCUT2D eigenvalue weighted by atomic mass is 9.92. The van der Waals surface area contributed by atoms with Crippen LogP contribution in [0.5, 0.6) is 0 Å². The smallest absolute Gasteiger partial charge is 0.196 e. The normalized spacial score (nSPS) is 11.8. The maximum Gasteiger partial charge on any atom is 0.196 e. The van der Waals surface area contributed by atoms with Crippen LogP contribution < -0.4 is 4.90 Å². The van der Waals surface area contributed by atoms with Crippen LogP contribution in [0.25, 0.3) is 11.1 Å². The lowest BCUT2D eigenvalue weighted by molar-refractivity contribution is 0.0748. The number of nitrogens with zero attached hydrogens (tertiary/aromatic N) is 1. The zero-order valence-corrected chi connectivity index (χ0v) is 14.4. The molecule has 0 bridgehead atoms. The van der Waals surface area contributed by atoms with Crippen LogP contribution in [0.15, 0.2) is 78.9 Å². The lowest BCUT2D eigenvalue weighted by Gasteiger charge is -2.20. The van der Waals surface area contributed by atoms with Gasteiger partial charge in [-0.25, -0.2) is 0 Å². The summed E-state index contributed by atoms with van der Waals surface area (Å²) in [5, 5.41) is 10.5. The van der Waals surface area contributed by atoms with Gasteiger partial charge in [-0.3, -0.25) is 4.79 Å². The third-order valence-electron chi connectivity index (χ3n) is 4.23. The molecular formula is C22H21NO2. The predicted octanol–water partition coefficient (Wildman–Crippen LogP) is 4.34. The third-order valence-corrected chi connectivity index (χ3v) is 4.23. The Labute approximate surface area is 148 Å². The van der Waals surface area contributed by atoms with Crippen LogP contribution >= 0.6 is 0 Å². The highest BCUT2D eigenvalue weighted by Crippen LogP contribution is 2.33. The highest BCUT2D eigenvalue weighted by Gasteiger charge is 2.22. The summed E-state index contributed by atoms with van der Waals surface area (Å²) in [6.07, 6.45) is -1.17. The van der Waals surface area contributed by atoms with Crippen molar-refractivity contribution >= 4 is 11.5 Å². The van der Waals surface area contributed by atoms with Gasteiger partial charge in [-0.05, 0) is 17.2 Å². The van der Waals surface area contributed by atoms with Gasteiger partial charge in [-0.15, -0.1) is 0 Å². The average molecular weight is 331 g/mol. The molecule has 3 aromatic rings. The van der Waals surface area contributed by atoms with E-state index in [2.05, 4.69) is 0 Å². The van der Waals surface area contributed by atoms with E-state index in [1.165, 1.54) is 0 Å². The number of aliphatic hydroxyl groups excluding tert-OH is 1. The van der Waals surface area contributed by atoms with Gasteiger partial charge in [0.15, 0.2) is 5.78 Å². The number of para-hydroxylation sites is 1. The van der Waals surface area contributed by atoms with E-state index >= 15 is 0 Å². The summed E-state index contributed by atoms with van der Waals surface area (Å²) < 4.78 is 0. The van der Waals surface area contributed by atoms with Gasteiger partial charge in [0.2, 0.25) is 0 Å². The molecule has 1 atom stereocenters. The highest BCUT2D eigenvalue weighted by molar-refractivity contribution is 6.06. The first-order valence-corrected chi connectivity index (χ1v) is 8.22. The van der Waals surface area contributed by atoms with E-state index in [9.17, 15) is 9.90 Å². The minimum atomic E-state index is -1.17. The maximum absolute atomic E-state index is 13.0. The molecule has 1 unspecified atom stereocenters. The molecule has 3 rings (SSSR count). The molecule has 3 nitrogen and oxygen atoms in total. The fourth-order valence-electron chi connectivity index (χ4n) is 2.96. The second-order valence-electron chi connectivity index (χ2n) is 6.13. The zero-order chi connectivity index (χ0) is 17.8. The Balaban J connectivity index is 2.07. The number of hydrogen-bond donors (Lipinski definition) is 1. The number of rotatable bonds is 5. The molecule has 0 spiro atoms. The number of Topliss-reactive ketones (excluding diaryl/α,β-unsaturated/α-hetero) is 1. The van der Waals surface area contributed by atoms with Crippen molar-refractivity contribution < 1.29 is 9.90 Å². The maximum atomic E-state index is 13.0. The molecule has 126 valence electrons. The minimum absolute atomic E-state index is 0.296. The molecule has 1 N–H and O–H groups in total. The molecule has 0 aromatic heterocycles. The van der Waals surface area contributed by atoms with Crippen molar-refractivity contribution in [2.75, 3.05) is 19.0 Å². The van der Waals surface area contributed by atoms with Gasteiger partial charge in [0, 0.05) is 30.9 Å². The molecule has 0 aliphatic heterocycles. The van der Waals surface area contributed by atoms with E-state index in [4.69, 9.17) is 0 Å². The summed E-state index contributed by atoms with van der Waals surface area (Å²) in [6.45, 7) is 0. The van der Waals surface area contributed by atoms with Gasteiger partial charge in [-0.2, -0.15) is 0 Å². The number of ketones is 1. The standard InChI is InChI=1S/C22H21NO2/c1-23(2)20-15-9-8-13-18(20)17-12-6-7-14-19(17)22(25)21(24)16-10-4-3-5-11-16/h3-15,21,24H,1-2H3. The Kier molecular flexibility index (Phi) is 4.96. The predicted molar refractivity (Wildman–Crippen MR) is 102 cm³/mol. The molecule has 0 saturated carbocycles. The second kappa shape index (κ2) is 7.32. The Bertz CT molecular complexity index is 872. The van der Waals surface area contributed by atoms with Crippen LogP contribution in [-0.4, -0.2) is 25.0 Å². The van der Waals surface area contributed by atoms with Crippen LogP contribution in [0.1, 0.15) is 22.0 Å². The van der Waals surface area contributed by atoms with Gasteiger partial charge in [0.05, 0.1) is 0 Å². The summed E-state index contributed by atoms with van der Waals surface area (Å²) in [5.74, 6) is -0.296. The lowest BCUT2D eigenvalue weighted by Crippen LogP contribution is -2.14. The van der Waals surface area contributed by atoms with Crippen molar-refractivity contribution in [3.8, 4) is 11.1 Å². The van der Waals surface area contributed by atoms with E-state index < -0.39 is 6.10 Å². The highest BCUT2D eigenvalue weighted by atomic mass is 16.3. The Morgan fingerprint density at radius 2 is 1.36 bits per heavy atom. The number of carbonyl (C=O) groups excluding carboxylic acids is 1. The molecule has 3 aromatic carbocycles. The van der Waals surface area contributed by atoms with Crippen LogP contribution in [0.3, 0.4) is 0 Å². The Morgan fingerprint density at radius 3 is 2.04 bits per heavy atom. The summed E-state index contributed by atoms with van der Waals surface area (Å²) in [4.78, 5) is 15.0.